The van der Waals surface area contributed by atoms with Gasteiger partial charge in [0.2, 0.25) is 0 Å². The second-order valence-corrected chi connectivity index (χ2v) is 3.72. The summed E-state index contributed by atoms with van der Waals surface area (Å²) in [5.41, 5.74) is 0. The minimum absolute atomic E-state index is 0.0888. The fraction of sp³-hybridized carbons (Fsp3) is 1.00. The Morgan fingerprint density at radius 2 is 1.54 bits per heavy atom. The van der Waals surface area contributed by atoms with E-state index >= 15 is 0 Å². The molecule has 2 N–H and O–H groups in total. The zero-order valence-electron chi connectivity index (χ0n) is 8.84. The maximum atomic E-state index is 9.49. The second kappa shape index (κ2) is 10.0. The molecule has 0 aliphatic rings. The summed E-state index contributed by atoms with van der Waals surface area (Å²) in [6.07, 6.45) is 8.35. The summed E-state index contributed by atoms with van der Waals surface area (Å²) >= 11 is 0. The monoisotopic (exact) mass is 188 g/mol. The van der Waals surface area contributed by atoms with E-state index in [0.717, 1.165) is 44.9 Å². The molecule has 0 heterocycles. The molecule has 0 aliphatic carbocycles. The fourth-order valence-corrected chi connectivity index (χ4v) is 1.43. The first-order valence-corrected chi connectivity index (χ1v) is 5.60. The van der Waals surface area contributed by atoms with Crippen LogP contribution < -0.4 is 0 Å². The summed E-state index contributed by atoms with van der Waals surface area (Å²) in [6, 6.07) is 0. The van der Waals surface area contributed by atoms with E-state index in [9.17, 15) is 5.11 Å². The molecule has 0 fully saturated rings. The van der Waals surface area contributed by atoms with Crippen LogP contribution in [0.4, 0.5) is 0 Å². The highest BCUT2D eigenvalue weighted by Gasteiger charge is 2.02. The van der Waals surface area contributed by atoms with Crippen molar-refractivity contribution in [1.29, 1.82) is 0 Å². The van der Waals surface area contributed by atoms with E-state index in [1.165, 1.54) is 6.42 Å². The number of unbranched alkanes of at least 4 members (excludes halogenated alkanes) is 4. The third kappa shape index (κ3) is 9.84. The van der Waals surface area contributed by atoms with Crippen LogP contribution in [0, 0.1) is 0 Å². The number of hydrogen-bond acceptors (Lipinski definition) is 2. The molecular formula is C11H24O2. The van der Waals surface area contributed by atoms with E-state index in [2.05, 4.69) is 6.92 Å². The van der Waals surface area contributed by atoms with Gasteiger partial charge in [-0.05, 0) is 19.3 Å². The van der Waals surface area contributed by atoms with E-state index in [1.807, 2.05) is 0 Å². The molecule has 13 heavy (non-hydrogen) atoms. The zero-order chi connectivity index (χ0) is 9.94. The fourth-order valence-electron chi connectivity index (χ4n) is 1.43. The minimum Gasteiger partial charge on any atom is -0.396 e. The molecule has 80 valence electrons. The highest BCUT2D eigenvalue weighted by molar-refractivity contribution is 4.55. The quantitative estimate of drug-likeness (QED) is 0.546. The van der Waals surface area contributed by atoms with Crippen LogP contribution in [-0.4, -0.2) is 22.9 Å². The van der Waals surface area contributed by atoms with E-state index in [-0.39, 0.29) is 6.10 Å². The van der Waals surface area contributed by atoms with Crippen LogP contribution in [0.2, 0.25) is 0 Å². The van der Waals surface area contributed by atoms with Gasteiger partial charge in [0.15, 0.2) is 0 Å². The first kappa shape index (κ1) is 12.9. The lowest BCUT2D eigenvalue weighted by Crippen LogP contribution is -2.05. The van der Waals surface area contributed by atoms with Gasteiger partial charge < -0.3 is 10.2 Å². The Bertz CT molecular complexity index is 94.1. The van der Waals surface area contributed by atoms with Crippen molar-refractivity contribution >= 4 is 0 Å². The van der Waals surface area contributed by atoms with Crippen LogP contribution in [0.5, 0.6) is 0 Å². The van der Waals surface area contributed by atoms with Gasteiger partial charge >= 0.3 is 0 Å². The van der Waals surface area contributed by atoms with E-state index in [1.54, 1.807) is 0 Å². The summed E-state index contributed by atoms with van der Waals surface area (Å²) in [5.74, 6) is 0. The zero-order valence-corrected chi connectivity index (χ0v) is 8.84. The Labute approximate surface area is 82.0 Å². The van der Waals surface area contributed by atoms with Gasteiger partial charge in [-0.1, -0.05) is 39.0 Å². The molecule has 1 atom stereocenters. The predicted octanol–water partition coefficient (Wildman–Crippen LogP) is 2.48. The average Bonchev–Trinajstić information content (AvgIpc) is 2.14. The molecule has 0 amide bonds. The van der Waals surface area contributed by atoms with Crippen molar-refractivity contribution in [2.75, 3.05) is 6.61 Å². The highest BCUT2D eigenvalue weighted by atomic mass is 16.3. The molecule has 0 saturated carbocycles. The average molecular weight is 188 g/mol. The van der Waals surface area contributed by atoms with Gasteiger partial charge in [-0.3, -0.25) is 0 Å². The molecule has 0 aromatic carbocycles. The largest absolute Gasteiger partial charge is 0.396 e. The van der Waals surface area contributed by atoms with Gasteiger partial charge in [-0.25, -0.2) is 0 Å². The van der Waals surface area contributed by atoms with Crippen LogP contribution in [0.15, 0.2) is 0 Å². The molecule has 1 unspecified atom stereocenters. The van der Waals surface area contributed by atoms with Gasteiger partial charge in [0.25, 0.3) is 0 Å². The molecule has 2 nitrogen and oxygen atoms in total. The Morgan fingerprint density at radius 3 is 2.15 bits per heavy atom. The second-order valence-electron chi connectivity index (χ2n) is 3.72. The molecule has 0 saturated heterocycles. The topological polar surface area (TPSA) is 40.5 Å². The van der Waals surface area contributed by atoms with Crippen LogP contribution in [0.3, 0.4) is 0 Å². The standard InChI is InChI=1S/C11H24O2/c1-2-3-8-11(13)9-6-4-5-7-10-12/h11-13H,2-10H2,1H3. The highest BCUT2D eigenvalue weighted by Crippen LogP contribution is 2.10. The van der Waals surface area contributed by atoms with Gasteiger partial charge in [-0.15, -0.1) is 0 Å². The summed E-state index contributed by atoms with van der Waals surface area (Å²) in [4.78, 5) is 0. The molecular weight excluding hydrogens is 164 g/mol. The third-order valence-corrected chi connectivity index (χ3v) is 2.34. The maximum Gasteiger partial charge on any atom is 0.0540 e. The predicted molar refractivity (Wildman–Crippen MR) is 55.7 cm³/mol. The molecule has 0 radical (unpaired) electrons. The summed E-state index contributed by atoms with van der Waals surface area (Å²) in [7, 11) is 0. The lowest BCUT2D eigenvalue weighted by atomic mass is 10.0. The summed E-state index contributed by atoms with van der Waals surface area (Å²) in [6.45, 7) is 2.45. The number of aliphatic hydroxyl groups excluding tert-OH is 2. The van der Waals surface area contributed by atoms with Crippen molar-refractivity contribution in [3.63, 3.8) is 0 Å². The maximum absolute atomic E-state index is 9.49. The molecule has 0 bridgehead atoms. The van der Waals surface area contributed by atoms with Crippen molar-refractivity contribution in [3.05, 3.63) is 0 Å². The van der Waals surface area contributed by atoms with Gasteiger partial charge in [0, 0.05) is 6.61 Å². The van der Waals surface area contributed by atoms with Crippen LogP contribution >= 0.6 is 0 Å². The molecule has 2 heteroatoms. The number of hydrogen-bond donors (Lipinski definition) is 2. The van der Waals surface area contributed by atoms with Gasteiger partial charge in [-0.2, -0.15) is 0 Å². The van der Waals surface area contributed by atoms with Gasteiger partial charge in [0.05, 0.1) is 6.10 Å². The van der Waals surface area contributed by atoms with Crippen molar-refractivity contribution in [1.82, 2.24) is 0 Å². The van der Waals surface area contributed by atoms with E-state index in [0.29, 0.717) is 6.61 Å². The first-order chi connectivity index (χ1) is 6.31. The normalized spacial score (nSPS) is 13.2. The Kier molecular flexibility index (Phi) is 9.94. The Hall–Kier alpha value is -0.0800. The first-order valence-electron chi connectivity index (χ1n) is 5.60. The summed E-state index contributed by atoms with van der Waals surface area (Å²) < 4.78 is 0. The van der Waals surface area contributed by atoms with E-state index < -0.39 is 0 Å². The lowest BCUT2D eigenvalue weighted by Gasteiger charge is -2.08. The van der Waals surface area contributed by atoms with Crippen LogP contribution in [0.25, 0.3) is 0 Å². The molecule has 0 aromatic heterocycles. The number of rotatable bonds is 9. The van der Waals surface area contributed by atoms with Crippen LogP contribution in [0.1, 0.15) is 58.3 Å². The van der Waals surface area contributed by atoms with Crippen molar-refractivity contribution in [2.24, 2.45) is 0 Å². The lowest BCUT2D eigenvalue weighted by molar-refractivity contribution is 0.147. The molecule has 0 aromatic rings. The van der Waals surface area contributed by atoms with E-state index in [4.69, 9.17) is 5.11 Å². The van der Waals surface area contributed by atoms with Crippen molar-refractivity contribution in [2.45, 2.75) is 64.4 Å². The van der Waals surface area contributed by atoms with Crippen molar-refractivity contribution in [3.8, 4) is 0 Å². The smallest absolute Gasteiger partial charge is 0.0540 e. The minimum atomic E-state index is -0.0888. The molecule has 0 rings (SSSR count). The van der Waals surface area contributed by atoms with Crippen LogP contribution in [-0.2, 0) is 0 Å². The summed E-state index contributed by atoms with van der Waals surface area (Å²) in [5, 5.41) is 18.0. The number of aliphatic hydroxyl groups is 2. The third-order valence-electron chi connectivity index (χ3n) is 2.34. The Morgan fingerprint density at radius 1 is 0.923 bits per heavy atom. The molecule has 0 aliphatic heterocycles. The molecule has 0 spiro atoms. The van der Waals surface area contributed by atoms with Gasteiger partial charge in [0.1, 0.15) is 0 Å². The Balaban J connectivity index is 3.03. The van der Waals surface area contributed by atoms with Crippen molar-refractivity contribution < 1.29 is 10.2 Å². The SMILES string of the molecule is CCCCC(O)CCCCCCO.